The first-order valence-electron chi connectivity index (χ1n) is 7.74. The molecule has 2 aromatic rings. The average molecular weight is 398 g/mol. The van der Waals surface area contributed by atoms with Gasteiger partial charge in [0.2, 0.25) is 5.96 Å². The number of aromatic nitrogens is 1. The average Bonchev–Trinajstić information content (AvgIpc) is 2.61. The normalized spacial score (nSPS) is 15.4. The lowest BCUT2D eigenvalue weighted by molar-refractivity contribution is 0.482. The highest BCUT2D eigenvalue weighted by atomic mass is 32.2. The fourth-order valence-corrected chi connectivity index (χ4v) is 3.65. The summed E-state index contributed by atoms with van der Waals surface area (Å²) in [5.41, 5.74) is 12.8. The van der Waals surface area contributed by atoms with Crippen LogP contribution in [0.4, 0.5) is 17.3 Å². The zero-order valence-electron chi connectivity index (χ0n) is 14.4. The molecule has 0 saturated carbocycles. The Labute approximate surface area is 160 Å². The Balaban J connectivity index is 2.30. The van der Waals surface area contributed by atoms with Gasteiger partial charge < -0.3 is 16.8 Å². The van der Waals surface area contributed by atoms with Crippen LogP contribution in [0.3, 0.4) is 0 Å². The van der Waals surface area contributed by atoms with Gasteiger partial charge in [-0.1, -0.05) is 12.1 Å². The van der Waals surface area contributed by atoms with E-state index in [9.17, 15) is 18.2 Å². The number of hydrogen-bond donors (Lipinski definition) is 5. The predicted octanol–water partition coefficient (Wildman–Crippen LogP) is 0.614. The van der Waals surface area contributed by atoms with Gasteiger partial charge in [-0.3, -0.25) is 9.87 Å². The third-order valence-electron chi connectivity index (χ3n) is 4.16. The summed E-state index contributed by atoms with van der Waals surface area (Å²) in [7, 11) is -4.48. The molecule has 11 nitrogen and oxygen atoms in total. The first-order chi connectivity index (χ1) is 13.2. The van der Waals surface area contributed by atoms with Crippen molar-refractivity contribution in [3.05, 3.63) is 40.5 Å². The number of nitrogens with one attached hydrogen (secondary N) is 2. The molecule has 1 aromatic heterocycles. The lowest BCUT2D eigenvalue weighted by atomic mass is 9.94. The topological polar surface area (TPSA) is 203 Å². The maximum absolute atomic E-state index is 11.7. The third-order valence-corrected chi connectivity index (χ3v) is 5.16. The highest BCUT2D eigenvalue weighted by Gasteiger charge is 2.30. The van der Waals surface area contributed by atoms with Crippen LogP contribution in [0.1, 0.15) is 28.3 Å². The van der Waals surface area contributed by atoms with E-state index in [1.165, 1.54) is 19.1 Å². The first kappa shape index (κ1) is 18.9. The zero-order chi connectivity index (χ0) is 20.6. The molecule has 1 aliphatic rings. The maximum atomic E-state index is 11.7. The molecule has 1 aliphatic heterocycles. The van der Waals surface area contributed by atoms with Crippen molar-refractivity contribution < 1.29 is 13.0 Å². The van der Waals surface area contributed by atoms with E-state index in [-0.39, 0.29) is 33.7 Å². The number of fused-ring (bicyclic) bond motifs is 1. The van der Waals surface area contributed by atoms with Crippen LogP contribution >= 0.6 is 0 Å². The molecule has 3 rings (SSSR count). The summed E-state index contributed by atoms with van der Waals surface area (Å²) in [5, 5.41) is 23.3. The lowest BCUT2D eigenvalue weighted by Gasteiger charge is -2.26. The van der Waals surface area contributed by atoms with Gasteiger partial charge in [0.15, 0.2) is 6.19 Å². The van der Waals surface area contributed by atoms with E-state index < -0.39 is 16.2 Å². The number of hydrogen-bond acceptors (Lipinski definition) is 10. The molecule has 0 spiro atoms. The summed E-state index contributed by atoms with van der Waals surface area (Å²) in [6.45, 7) is 1.53. The van der Waals surface area contributed by atoms with Crippen LogP contribution < -0.4 is 22.1 Å². The standard InChI is InChI=1S/C16H14N8O3S/c1-7-2-3-8(4-10(7)28(25,26)27)13-11-12(19)9(5-17)14(20)23-15(11)24-16(22-13)21-6-18/h2-4,13H,1H3,(H,25,26,27)(H6,19,20,21,22,23,24). The Morgan fingerprint density at radius 1 is 1.32 bits per heavy atom. The van der Waals surface area contributed by atoms with Crippen molar-refractivity contribution >= 4 is 33.4 Å². The first-order valence-corrected chi connectivity index (χ1v) is 9.18. The van der Waals surface area contributed by atoms with Gasteiger partial charge in [0.25, 0.3) is 10.1 Å². The predicted molar refractivity (Wildman–Crippen MR) is 100 cm³/mol. The molecule has 0 aliphatic carbocycles. The van der Waals surface area contributed by atoms with E-state index in [1.54, 1.807) is 12.3 Å². The SMILES string of the molecule is Cc1ccc(C2N=C(NC#N)Nc3nc(N)c(C#N)c(N)c32)cc1S(=O)(=O)O. The number of aryl methyl sites for hydroxylation is 1. The maximum Gasteiger partial charge on any atom is 0.294 e. The van der Waals surface area contributed by atoms with Gasteiger partial charge in [0, 0.05) is 5.56 Å². The van der Waals surface area contributed by atoms with Crippen molar-refractivity contribution in [2.75, 3.05) is 16.8 Å². The van der Waals surface area contributed by atoms with Crippen LogP contribution in [0, 0.1) is 29.7 Å². The second kappa shape index (κ2) is 6.70. The second-order valence-electron chi connectivity index (χ2n) is 5.90. The Morgan fingerprint density at radius 3 is 2.64 bits per heavy atom. The fraction of sp³-hybridized carbons (Fsp3) is 0.125. The smallest absolute Gasteiger partial charge is 0.294 e. The summed E-state index contributed by atoms with van der Waals surface area (Å²) in [6.07, 6.45) is 1.71. The molecular formula is C16H14N8O3S. The molecule has 1 atom stereocenters. The molecule has 0 saturated heterocycles. The summed E-state index contributed by atoms with van der Waals surface area (Å²) in [5.74, 6) is 0.0939. The van der Waals surface area contributed by atoms with Gasteiger partial charge >= 0.3 is 0 Å². The molecule has 28 heavy (non-hydrogen) atoms. The molecule has 7 N–H and O–H groups in total. The van der Waals surface area contributed by atoms with Crippen molar-refractivity contribution in [3.8, 4) is 12.3 Å². The number of pyridine rings is 1. The Hall–Kier alpha value is -3.87. The number of anilines is 3. The molecule has 0 radical (unpaired) electrons. The molecule has 12 heteroatoms. The van der Waals surface area contributed by atoms with Gasteiger partial charge in [-0.2, -0.15) is 18.9 Å². The third kappa shape index (κ3) is 3.14. The highest BCUT2D eigenvalue weighted by Crippen LogP contribution is 2.41. The minimum absolute atomic E-state index is 0.0243. The van der Waals surface area contributed by atoms with Crippen LogP contribution in [-0.2, 0) is 10.1 Å². The van der Waals surface area contributed by atoms with Crippen LogP contribution in [0.25, 0.3) is 0 Å². The van der Waals surface area contributed by atoms with E-state index in [0.717, 1.165) is 0 Å². The molecule has 1 aromatic carbocycles. The number of aliphatic imine (C=N–C) groups is 1. The molecule has 2 heterocycles. The zero-order valence-corrected chi connectivity index (χ0v) is 15.2. The minimum Gasteiger partial charge on any atom is -0.397 e. The molecule has 0 bridgehead atoms. The van der Waals surface area contributed by atoms with Gasteiger partial charge in [0.05, 0.1) is 10.6 Å². The van der Waals surface area contributed by atoms with Crippen LogP contribution in [0.5, 0.6) is 0 Å². The molecule has 142 valence electrons. The van der Waals surface area contributed by atoms with E-state index in [0.29, 0.717) is 16.7 Å². The van der Waals surface area contributed by atoms with E-state index >= 15 is 0 Å². The molecule has 1 unspecified atom stereocenters. The van der Waals surface area contributed by atoms with Gasteiger partial charge in [-0.05, 0) is 24.1 Å². The van der Waals surface area contributed by atoms with Crippen LogP contribution in [0.2, 0.25) is 0 Å². The highest BCUT2D eigenvalue weighted by molar-refractivity contribution is 7.85. The summed E-state index contributed by atoms with van der Waals surface area (Å²) < 4.78 is 32.8. The van der Waals surface area contributed by atoms with Crippen LogP contribution in [0.15, 0.2) is 28.1 Å². The second-order valence-corrected chi connectivity index (χ2v) is 7.29. The summed E-state index contributed by atoms with van der Waals surface area (Å²) >= 11 is 0. The van der Waals surface area contributed by atoms with Crippen molar-refractivity contribution in [2.45, 2.75) is 17.9 Å². The number of nitrogens with zero attached hydrogens (tertiary/aromatic N) is 4. The number of nitriles is 2. The molecular weight excluding hydrogens is 384 g/mol. The van der Waals surface area contributed by atoms with Gasteiger partial charge in [0.1, 0.15) is 29.3 Å². The van der Waals surface area contributed by atoms with E-state index in [4.69, 9.17) is 16.7 Å². The van der Waals surface area contributed by atoms with E-state index in [2.05, 4.69) is 20.6 Å². The van der Waals surface area contributed by atoms with Crippen molar-refractivity contribution in [1.29, 1.82) is 10.5 Å². The summed E-state index contributed by atoms with van der Waals surface area (Å²) in [6, 6.07) is 5.31. The number of guanidine groups is 1. The number of nitrogens with two attached hydrogens (primary N) is 2. The molecule has 0 amide bonds. The largest absolute Gasteiger partial charge is 0.397 e. The van der Waals surface area contributed by atoms with Gasteiger partial charge in [-0.25, -0.2) is 9.98 Å². The lowest BCUT2D eigenvalue weighted by Crippen LogP contribution is -2.32. The van der Waals surface area contributed by atoms with E-state index in [1.807, 2.05) is 6.07 Å². The fourth-order valence-electron chi connectivity index (χ4n) is 2.89. The van der Waals surface area contributed by atoms with Gasteiger partial charge in [-0.15, -0.1) is 0 Å². The van der Waals surface area contributed by atoms with Crippen LogP contribution in [-0.4, -0.2) is 23.9 Å². The Bertz CT molecular complexity index is 1210. The van der Waals surface area contributed by atoms with Crippen molar-refractivity contribution in [2.24, 2.45) is 4.99 Å². The Morgan fingerprint density at radius 2 is 2.04 bits per heavy atom. The summed E-state index contributed by atoms with van der Waals surface area (Å²) in [4.78, 5) is 8.14. The number of nitrogen functional groups attached to an aromatic ring is 2. The quantitative estimate of drug-likeness (QED) is 0.271. The van der Waals surface area contributed by atoms with Crippen molar-refractivity contribution in [1.82, 2.24) is 10.3 Å². The monoisotopic (exact) mass is 398 g/mol. The van der Waals surface area contributed by atoms with Crippen molar-refractivity contribution in [3.63, 3.8) is 0 Å². The minimum atomic E-state index is -4.48. The number of benzene rings is 1. The Kier molecular flexibility index (Phi) is 4.52. The molecule has 0 fully saturated rings. The number of rotatable bonds is 2.